The van der Waals surface area contributed by atoms with Gasteiger partial charge >= 0.3 is 0 Å². The summed E-state index contributed by atoms with van der Waals surface area (Å²) in [7, 11) is 1.68. The van der Waals surface area contributed by atoms with Gasteiger partial charge in [0.05, 0.1) is 18.1 Å². The average molecular weight is 242 g/mol. The Morgan fingerprint density at radius 1 is 1.59 bits per heavy atom. The Labute approximate surface area is 102 Å². The predicted octanol–water partition coefficient (Wildman–Crippen LogP) is 0.0841. The fourth-order valence-corrected chi connectivity index (χ4v) is 1.92. The molecule has 1 atom stereocenters. The van der Waals surface area contributed by atoms with E-state index in [1.165, 1.54) is 0 Å². The van der Waals surface area contributed by atoms with Crippen LogP contribution in [0.4, 0.5) is 0 Å². The Kier molecular flexibility index (Phi) is 4.14. The Hall–Kier alpha value is -1.10. The lowest BCUT2D eigenvalue weighted by Gasteiger charge is -2.35. The first-order valence-electron chi connectivity index (χ1n) is 5.99. The summed E-state index contributed by atoms with van der Waals surface area (Å²) < 4.78 is 0. The van der Waals surface area contributed by atoms with Gasteiger partial charge in [0.25, 0.3) is 0 Å². The molecule has 5 heteroatoms. The molecule has 17 heavy (non-hydrogen) atoms. The molecule has 0 saturated carbocycles. The van der Waals surface area contributed by atoms with Gasteiger partial charge in [0.1, 0.15) is 0 Å². The number of aliphatic hydroxyl groups excluding tert-OH is 1. The largest absolute Gasteiger partial charge is 0.394 e. The number of aliphatic hydroxyl groups is 1. The highest BCUT2D eigenvalue weighted by Crippen LogP contribution is 2.22. The molecule has 0 aliphatic carbocycles. The standard InChI is InChI=1S/C12H22N2O3/c1-5-14-7-9(6-10(14)16)11(17)13(4)12(2,3)8-15/h9,15H,5-8H2,1-4H3. The lowest BCUT2D eigenvalue weighted by atomic mass is 10.0. The number of rotatable bonds is 4. The SMILES string of the molecule is CCN1CC(C(=O)N(C)C(C)(C)CO)CC1=O. The molecule has 1 aliphatic rings. The number of carbonyl (C=O) groups is 2. The van der Waals surface area contributed by atoms with E-state index in [1.54, 1.807) is 30.7 Å². The van der Waals surface area contributed by atoms with Crippen LogP contribution in [0.1, 0.15) is 27.2 Å². The van der Waals surface area contributed by atoms with Crippen molar-refractivity contribution in [3.8, 4) is 0 Å². The summed E-state index contributed by atoms with van der Waals surface area (Å²) in [6.07, 6.45) is 0.290. The zero-order valence-electron chi connectivity index (χ0n) is 11.1. The van der Waals surface area contributed by atoms with Crippen LogP contribution in [0.5, 0.6) is 0 Å². The molecule has 1 N–H and O–H groups in total. The number of hydrogen-bond donors (Lipinski definition) is 1. The number of hydrogen-bond acceptors (Lipinski definition) is 3. The topological polar surface area (TPSA) is 60.9 Å². The minimum Gasteiger partial charge on any atom is -0.394 e. The van der Waals surface area contributed by atoms with Crippen LogP contribution in [0.25, 0.3) is 0 Å². The van der Waals surface area contributed by atoms with Crippen LogP contribution in [-0.2, 0) is 9.59 Å². The molecule has 5 nitrogen and oxygen atoms in total. The van der Waals surface area contributed by atoms with E-state index in [4.69, 9.17) is 0 Å². The first-order valence-corrected chi connectivity index (χ1v) is 5.99. The van der Waals surface area contributed by atoms with E-state index in [0.717, 1.165) is 0 Å². The first-order chi connectivity index (χ1) is 7.83. The number of nitrogens with zero attached hydrogens (tertiary/aromatic N) is 2. The van der Waals surface area contributed by atoms with Crippen LogP contribution < -0.4 is 0 Å². The van der Waals surface area contributed by atoms with E-state index >= 15 is 0 Å². The zero-order valence-corrected chi connectivity index (χ0v) is 11.1. The number of amides is 2. The summed E-state index contributed by atoms with van der Waals surface area (Å²) >= 11 is 0. The van der Waals surface area contributed by atoms with Crippen molar-refractivity contribution in [1.29, 1.82) is 0 Å². The van der Waals surface area contributed by atoms with E-state index in [9.17, 15) is 14.7 Å². The third kappa shape index (κ3) is 2.77. The Morgan fingerprint density at radius 2 is 2.18 bits per heavy atom. The van der Waals surface area contributed by atoms with Crippen molar-refractivity contribution in [2.75, 3.05) is 26.7 Å². The van der Waals surface area contributed by atoms with Crippen LogP contribution in [0.15, 0.2) is 0 Å². The maximum Gasteiger partial charge on any atom is 0.228 e. The van der Waals surface area contributed by atoms with Gasteiger partial charge in [-0.2, -0.15) is 0 Å². The van der Waals surface area contributed by atoms with E-state index in [-0.39, 0.29) is 24.3 Å². The van der Waals surface area contributed by atoms with Crippen molar-refractivity contribution in [3.63, 3.8) is 0 Å². The van der Waals surface area contributed by atoms with E-state index < -0.39 is 5.54 Å². The van der Waals surface area contributed by atoms with Crippen molar-refractivity contribution in [2.45, 2.75) is 32.7 Å². The summed E-state index contributed by atoms with van der Waals surface area (Å²) in [5.41, 5.74) is -0.584. The summed E-state index contributed by atoms with van der Waals surface area (Å²) in [6.45, 7) is 6.58. The van der Waals surface area contributed by atoms with Crippen molar-refractivity contribution < 1.29 is 14.7 Å². The molecule has 1 rings (SSSR count). The zero-order chi connectivity index (χ0) is 13.2. The highest BCUT2D eigenvalue weighted by atomic mass is 16.3. The summed E-state index contributed by atoms with van der Waals surface area (Å²) in [5.74, 6) is -0.285. The molecule has 0 aromatic heterocycles. The third-order valence-corrected chi connectivity index (χ3v) is 3.57. The molecule has 1 heterocycles. The van der Waals surface area contributed by atoms with Crippen LogP contribution in [0, 0.1) is 5.92 Å². The fourth-order valence-electron chi connectivity index (χ4n) is 1.92. The van der Waals surface area contributed by atoms with Crippen molar-refractivity contribution >= 4 is 11.8 Å². The molecule has 1 unspecified atom stereocenters. The van der Waals surface area contributed by atoms with E-state index in [2.05, 4.69) is 0 Å². The van der Waals surface area contributed by atoms with Gasteiger partial charge in [-0.3, -0.25) is 9.59 Å². The lowest BCUT2D eigenvalue weighted by Crippen LogP contribution is -2.50. The Morgan fingerprint density at radius 3 is 2.59 bits per heavy atom. The van der Waals surface area contributed by atoms with Gasteiger partial charge in [0.2, 0.25) is 11.8 Å². The minimum absolute atomic E-state index is 0.0426. The second kappa shape index (κ2) is 5.04. The number of likely N-dealkylation sites (tertiary alicyclic amines) is 1. The fraction of sp³-hybridized carbons (Fsp3) is 0.833. The van der Waals surface area contributed by atoms with Gasteiger partial charge in [-0.05, 0) is 20.8 Å². The monoisotopic (exact) mass is 242 g/mol. The van der Waals surface area contributed by atoms with Crippen LogP contribution in [-0.4, -0.2) is 59.0 Å². The second-order valence-electron chi connectivity index (χ2n) is 5.20. The van der Waals surface area contributed by atoms with Gasteiger partial charge in [-0.1, -0.05) is 0 Å². The molecule has 2 amide bonds. The maximum atomic E-state index is 12.2. The molecule has 1 fully saturated rings. The lowest BCUT2D eigenvalue weighted by molar-refractivity contribution is -0.140. The quantitative estimate of drug-likeness (QED) is 0.759. The molecule has 0 radical (unpaired) electrons. The summed E-state index contributed by atoms with van der Waals surface area (Å²) in [5, 5.41) is 9.24. The van der Waals surface area contributed by atoms with Gasteiger partial charge in [0.15, 0.2) is 0 Å². The molecular formula is C12H22N2O3. The highest BCUT2D eigenvalue weighted by molar-refractivity contribution is 5.89. The normalized spacial score (nSPS) is 20.9. The van der Waals surface area contributed by atoms with Gasteiger partial charge in [0, 0.05) is 26.6 Å². The second-order valence-corrected chi connectivity index (χ2v) is 5.20. The summed E-state index contributed by atoms with van der Waals surface area (Å²) in [6, 6.07) is 0. The highest BCUT2D eigenvalue weighted by Gasteiger charge is 2.38. The van der Waals surface area contributed by atoms with Crippen LogP contribution in [0.3, 0.4) is 0 Å². The van der Waals surface area contributed by atoms with Crippen molar-refractivity contribution in [1.82, 2.24) is 9.80 Å². The molecule has 0 bridgehead atoms. The smallest absolute Gasteiger partial charge is 0.228 e. The van der Waals surface area contributed by atoms with E-state index in [0.29, 0.717) is 19.5 Å². The molecule has 98 valence electrons. The molecule has 1 saturated heterocycles. The van der Waals surface area contributed by atoms with Crippen molar-refractivity contribution in [3.05, 3.63) is 0 Å². The van der Waals surface area contributed by atoms with Crippen LogP contribution >= 0.6 is 0 Å². The predicted molar refractivity (Wildman–Crippen MR) is 64.3 cm³/mol. The number of carbonyl (C=O) groups excluding carboxylic acids is 2. The molecule has 0 spiro atoms. The van der Waals surface area contributed by atoms with Gasteiger partial charge < -0.3 is 14.9 Å². The molecule has 1 aliphatic heterocycles. The van der Waals surface area contributed by atoms with Gasteiger partial charge in [-0.25, -0.2) is 0 Å². The van der Waals surface area contributed by atoms with Crippen molar-refractivity contribution in [2.24, 2.45) is 5.92 Å². The Bertz CT molecular complexity index is 315. The van der Waals surface area contributed by atoms with Gasteiger partial charge in [-0.15, -0.1) is 0 Å². The molecular weight excluding hydrogens is 220 g/mol. The first kappa shape index (κ1) is 14.0. The molecule has 0 aromatic carbocycles. The molecule has 0 aromatic rings. The Balaban J connectivity index is 2.70. The average Bonchev–Trinajstić information content (AvgIpc) is 2.68. The minimum atomic E-state index is -0.584. The maximum absolute atomic E-state index is 12.2. The summed E-state index contributed by atoms with van der Waals surface area (Å²) in [4.78, 5) is 27.0. The van der Waals surface area contributed by atoms with E-state index in [1.807, 2.05) is 6.92 Å². The third-order valence-electron chi connectivity index (χ3n) is 3.57. The number of likely N-dealkylation sites (N-methyl/N-ethyl adjacent to an activating group) is 1. The van der Waals surface area contributed by atoms with Crippen LogP contribution in [0.2, 0.25) is 0 Å².